The van der Waals surface area contributed by atoms with Gasteiger partial charge in [0.15, 0.2) is 5.13 Å². The molecule has 0 aromatic carbocycles. The van der Waals surface area contributed by atoms with Crippen LogP contribution in [-0.2, 0) is 6.54 Å². The molecule has 1 aromatic heterocycles. The lowest BCUT2D eigenvalue weighted by atomic mass is 10.1. The fourth-order valence-electron chi connectivity index (χ4n) is 2.86. The maximum atomic E-state index is 4.76. The van der Waals surface area contributed by atoms with Gasteiger partial charge in [0.05, 0.1) is 5.69 Å². The lowest BCUT2D eigenvalue weighted by Gasteiger charge is -2.20. The van der Waals surface area contributed by atoms with Gasteiger partial charge in [-0.3, -0.25) is 0 Å². The molecule has 0 spiro atoms. The highest BCUT2D eigenvalue weighted by atomic mass is 32.1. The van der Waals surface area contributed by atoms with Crippen LogP contribution >= 0.6 is 11.3 Å². The van der Waals surface area contributed by atoms with Crippen LogP contribution in [0.2, 0.25) is 0 Å². The van der Waals surface area contributed by atoms with Crippen LogP contribution in [-0.4, -0.2) is 50.2 Å². The summed E-state index contributed by atoms with van der Waals surface area (Å²) in [4.78, 5) is 10.9. The van der Waals surface area contributed by atoms with Gasteiger partial charge in [-0.25, -0.2) is 4.98 Å². The van der Waals surface area contributed by atoms with Gasteiger partial charge >= 0.3 is 0 Å². The minimum absolute atomic E-state index is 0.694. The van der Waals surface area contributed by atoms with E-state index in [9.17, 15) is 0 Å². The molecule has 0 saturated carbocycles. The summed E-state index contributed by atoms with van der Waals surface area (Å²) in [6.07, 6.45) is 1.31. The van der Waals surface area contributed by atoms with Crippen LogP contribution in [0.15, 0.2) is 0 Å². The lowest BCUT2D eigenvalue weighted by molar-refractivity contribution is 0.396. The van der Waals surface area contributed by atoms with E-state index in [4.69, 9.17) is 4.98 Å². The number of anilines is 1. The number of hydrogen-bond acceptors (Lipinski definition) is 5. The van der Waals surface area contributed by atoms with E-state index in [0.29, 0.717) is 5.92 Å². The Bertz CT molecular complexity index is 443. The fourth-order valence-corrected chi connectivity index (χ4v) is 3.86. The van der Waals surface area contributed by atoms with Crippen LogP contribution < -0.4 is 10.2 Å². The van der Waals surface area contributed by atoms with Gasteiger partial charge in [0.25, 0.3) is 0 Å². The van der Waals surface area contributed by atoms with E-state index in [1.54, 1.807) is 0 Å². The van der Waals surface area contributed by atoms with Gasteiger partial charge in [-0.15, -0.1) is 11.3 Å². The molecule has 1 saturated heterocycles. The third-order valence-electron chi connectivity index (χ3n) is 4.07. The predicted molar refractivity (Wildman–Crippen MR) is 92.3 cm³/mol. The summed E-state index contributed by atoms with van der Waals surface area (Å²) in [5, 5.41) is 4.69. The van der Waals surface area contributed by atoms with E-state index < -0.39 is 0 Å². The summed E-state index contributed by atoms with van der Waals surface area (Å²) < 4.78 is 0. The topological polar surface area (TPSA) is 31.4 Å². The fraction of sp³-hybridized carbons (Fsp3) is 0.812. The Balaban J connectivity index is 1.87. The highest BCUT2D eigenvalue weighted by Gasteiger charge is 2.22. The first kappa shape index (κ1) is 16.7. The monoisotopic (exact) mass is 310 g/mol. The number of nitrogens with zero attached hydrogens (tertiary/aromatic N) is 3. The number of thiazole rings is 1. The SMILES string of the molecule is Cc1nc(N(C)CC2CCN(C)C2)sc1CNCC(C)C. The number of aromatic nitrogens is 1. The van der Waals surface area contributed by atoms with E-state index in [-0.39, 0.29) is 0 Å². The second kappa shape index (κ2) is 7.56. The minimum atomic E-state index is 0.694. The molecule has 120 valence electrons. The molecule has 4 nitrogen and oxygen atoms in total. The lowest BCUT2D eigenvalue weighted by Crippen LogP contribution is -2.27. The molecular weight excluding hydrogens is 280 g/mol. The zero-order valence-corrected chi connectivity index (χ0v) is 15.0. The molecule has 21 heavy (non-hydrogen) atoms. The second-order valence-corrected chi connectivity index (χ2v) is 7.89. The predicted octanol–water partition coefficient (Wildman–Crippen LogP) is 2.59. The molecule has 1 atom stereocenters. The quantitative estimate of drug-likeness (QED) is 0.839. The number of nitrogens with one attached hydrogen (secondary N) is 1. The van der Waals surface area contributed by atoms with E-state index in [1.165, 1.54) is 35.2 Å². The number of likely N-dealkylation sites (tertiary alicyclic amines) is 1. The van der Waals surface area contributed by atoms with Crippen molar-refractivity contribution in [2.75, 3.05) is 45.2 Å². The summed E-state index contributed by atoms with van der Waals surface area (Å²) in [7, 11) is 4.40. The highest BCUT2D eigenvalue weighted by molar-refractivity contribution is 7.15. The Morgan fingerprint density at radius 3 is 2.86 bits per heavy atom. The maximum absolute atomic E-state index is 4.76. The zero-order chi connectivity index (χ0) is 15.4. The summed E-state index contributed by atoms with van der Waals surface area (Å²) in [6, 6.07) is 0. The normalized spacial score (nSPS) is 19.6. The first-order valence-corrected chi connectivity index (χ1v) is 8.84. The Morgan fingerprint density at radius 2 is 2.24 bits per heavy atom. The van der Waals surface area contributed by atoms with Crippen molar-refractivity contribution in [1.29, 1.82) is 0 Å². The van der Waals surface area contributed by atoms with Gasteiger partial charge in [-0.1, -0.05) is 13.8 Å². The van der Waals surface area contributed by atoms with Crippen molar-refractivity contribution in [2.45, 2.75) is 33.7 Å². The summed E-state index contributed by atoms with van der Waals surface area (Å²) in [6.45, 7) is 12.2. The Morgan fingerprint density at radius 1 is 1.48 bits per heavy atom. The first-order valence-electron chi connectivity index (χ1n) is 8.02. The molecule has 1 fully saturated rings. The van der Waals surface area contributed by atoms with Gasteiger partial charge in [-0.05, 0) is 45.3 Å². The third kappa shape index (κ3) is 4.94. The molecule has 0 aliphatic carbocycles. The first-order chi connectivity index (χ1) is 9.95. The summed E-state index contributed by atoms with van der Waals surface area (Å²) >= 11 is 1.84. The second-order valence-electron chi connectivity index (χ2n) is 6.83. The van der Waals surface area contributed by atoms with Gasteiger partial charge in [-0.2, -0.15) is 0 Å². The average Bonchev–Trinajstić information content (AvgIpc) is 2.96. The van der Waals surface area contributed by atoms with Crippen LogP contribution in [0, 0.1) is 18.8 Å². The average molecular weight is 311 g/mol. The van der Waals surface area contributed by atoms with E-state index >= 15 is 0 Å². The van der Waals surface area contributed by atoms with Gasteiger partial charge < -0.3 is 15.1 Å². The van der Waals surface area contributed by atoms with Crippen molar-refractivity contribution in [3.8, 4) is 0 Å². The van der Waals surface area contributed by atoms with Crippen molar-refractivity contribution >= 4 is 16.5 Å². The number of hydrogen-bond donors (Lipinski definition) is 1. The molecule has 1 unspecified atom stereocenters. The van der Waals surface area contributed by atoms with Crippen LogP contribution in [0.3, 0.4) is 0 Å². The molecule has 0 bridgehead atoms. The maximum Gasteiger partial charge on any atom is 0.185 e. The summed E-state index contributed by atoms with van der Waals surface area (Å²) in [5.41, 5.74) is 1.18. The van der Waals surface area contributed by atoms with Crippen molar-refractivity contribution in [3.05, 3.63) is 10.6 Å². The van der Waals surface area contributed by atoms with Crippen molar-refractivity contribution in [1.82, 2.24) is 15.2 Å². The number of aryl methyl sites for hydroxylation is 1. The molecule has 5 heteroatoms. The Kier molecular flexibility index (Phi) is 6.02. The third-order valence-corrected chi connectivity index (χ3v) is 5.34. The molecule has 1 aliphatic heterocycles. The van der Waals surface area contributed by atoms with Crippen LogP contribution in [0.4, 0.5) is 5.13 Å². The Labute approximate surface area is 133 Å². The molecule has 2 heterocycles. The standard InChI is InChI=1S/C16H30N4S/c1-12(2)8-17-9-15-13(3)18-16(21-15)20(5)11-14-6-7-19(4)10-14/h12,14,17H,6-11H2,1-5H3. The van der Waals surface area contributed by atoms with Crippen molar-refractivity contribution < 1.29 is 0 Å². The van der Waals surface area contributed by atoms with E-state index in [0.717, 1.165) is 25.6 Å². The van der Waals surface area contributed by atoms with Crippen molar-refractivity contribution in [2.24, 2.45) is 11.8 Å². The minimum Gasteiger partial charge on any atom is -0.351 e. The largest absolute Gasteiger partial charge is 0.351 e. The van der Waals surface area contributed by atoms with Gasteiger partial charge in [0.2, 0.25) is 0 Å². The van der Waals surface area contributed by atoms with Crippen LogP contribution in [0.25, 0.3) is 0 Å². The Hall–Kier alpha value is -0.650. The molecule has 2 rings (SSSR count). The van der Waals surface area contributed by atoms with Crippen LogP contribution in [0.1, 0.15) is 30.8 Å². The molecule has 0 radical (unpaired) electrons. The van der Waals surface area contributed by atoms with Crippen LogP contribution in [0.5, 0.6) is 0 Å². The highest BCUT2D eigenvalue weighted by Crippen LogP contribution is 2.27. The summed E-state index contributed by atoms with van der Waals surface area (Å²) in [5.74, 6) is 1.48. The smallest absolute Gasteiger partial charge is 0.185 e. The van der Waals surface area contributed by atoms with E-state index in [1.807, 2.05) is 11.3 Å². The molecular formula is C16H30N4S. The van der Waals surface area contributed by atoms with Gasteiger partial charge in [0.1, 0.15) is 0 Å². The molecule has 1 N–H and O–H groups in total. The zero-order valence-electron chi connectivity index (χ0n) is 14.1. The molecule has 1 aromatic rings. The number of rotatable bonds is 7. The molecule has 0 amide bonds. The van der Waals surface area contributed by atoms with E-state index in [2.05, 4.69) is 50.0 Å². The van der Waals surface area contributed by atoms with Crippen molar-refractivity contribution in [3.63, 3.8) is 0 Å². The molecule has 1 aliphatic rings. The van der Waals surface area contributed by atoms with Gasteiger partial charge in [0, 0.05) is 31.6 Å².